The molecule has 16 heavy (non-hydrogen) atoms. The Morgan fingerprint density at radius 1 is 1.31 bits per heavy atom. The molecule has 0 fully saturated rings. The van der Waals surface area contributed by atoms with Crippen molar-refractivity contribution in [2.45, 2.75) is 32.6 Å². The Kier molecular flexibility index (Phi) is 5.34. The van der Waals surface area contributed by atoms with Crippen LogP contribution in [0.4, 0.5) is 0 Å². The number of aliphatic carboxylic acids is 1. The molecule has 86 valence electrons. The Labute approximate surface area is 96.6 Å². The Bertz CT molecular complexity index is 350. The molecule has 1 aromatic rings. The van der Waals surface area contributed by atoms with E-state index < -0.39 is 5.97 Å². The SMILES string of the molecule is CCc1ccc(/C=C/CCCC(=O)O)cc1. The molecule has 0 aliphatic heterocycles. The fraction of sp³-hybridized carbons (Fsp3) is 0.357. The van der Waals surface area contributed by atoms with Gasteiger partial charge in [0.25, 0.3) is 0 Å². The molecule has 2 nitrogen and oxygen atoms in total. The molecule has 0 heterocycles. The van der Waals surface area contributed by atoms with E-state index in [0.29, 0.717) is 6.42 Å². The Balaban J connectivity index is 2.35. The largest absolute Gasteiger partial charge is 0.481 e. The lowest BCUT2D eigenvalue weighted by Crippen LogP contribution is -1.92. The highest BCUT2D eigenvalue weighted by atomic mass is 16.4. The van der Waals surface area contributed by atoms with Crippen LogP contribution < -0.4 is 0 Å². The van der Waals surface area contributed by atoms with Crippen molar-refractivity contribution in [1.29, 1.82) is 0 Å². The van der Waals surface area contributed by atoms with Gasteiger partial charge >= 0.3 is 5.97 Å². The molecular weight excluding hydrogens is 200 g/mol. The zero-order chi connectivity index (χ0) is 11.8. The molecule has 1 rings (SSSR count). The molecule has 0 saturated carbocycles. The van der Waals surface area contributed by atoms with Crippen molar-refractivity contribution in [3.8, 4) is 0 Å². The first kappa shape index (κ1) is 12.5. The van der Waals surface area contributed by atoms with E-state index in [4.69, 9.17) is 5.11 Å². The van der Waals surface area contributed by atoms with E-state index in [-0.39, 0.29) is 6.42 Å². The number of carbonyl (C=O) groups is 1. The van der Waals surface area contributed by atoms with Gasteiger partial charge in [-0.15, -0.1) is 0 Å². The fourth-order valence-electron chi connectivity index (χ4n) is 1.46. The summed E-state index contributed by atoms with van der Waals surface area (Å²) < 4.78 is 0. The second kappa shape index (κ2) is 6.83. The van der Waals surface area contributed by atoms with Crippen molar-refractivity contribution in [3.05, 3.63) is 41.5 Å². The Morgan fingerprint density at radius 2 is 2.00 bits per heavy atom. The van der Waals surface area contributed by atoms with E-state index in [1.54, 1.807) is 0 Å². The van der Waals surface area contributed by atoms with Gasteiger partial charge in [-0.2, -0.15) is 0 Å². The maximum absolute atomic E-state index is 10.3. The monoisotopic (exact) mass is 218 g/mol. The summed E-state index contributed by atoms with van der Waals surface area (Å²) in [6.45, 7) is 2.14. The van der Waals surface area contributed by atoms with Crippen LogP contribution in [0.2, 0.25) is 0 Å². The van der Waals surface area contributed by atoms with Crippen LogP contribution in [0.3, 0.4) is 0 Å². The number of allylic oxidation sites excluding steroid dienone is 1. The second-order valence-electron chi connectivity index (χ2n) is 3.78. The summed E-state index contributed by atoms with van der Waals surface area (Å²) in [4.78, 5) is 10.3. The minimum absolute atomic E-state index is 0.249. The highest BCUT2D eigenvalue weighted by molar-refractivity contribution is 5.66. The van der Waals surface area contributed by atoms with E-state index in [1.807, 2.05) is 12.2 Å². The van der Waals surface area contributed by atoms with Gasteiger partial charge in [-0.25, -0.2) is 0 Å². The molecular formula is C14H18O2. The topological polar surface area (TPSA) is 37.3 Å². The molecule has 1 aromatic carbocycles. The number of unbranched alkanes of at least 4 members (excludes halogenated alkanes) is 1. The van der Waals surface area contributed by atoms with Crippen molar-refractivity contribution in [2.24, 2.45) is 0 Å². The lowest BCUT2D eigenvalue weighted by Gasteiger charge is -1.97. The third kappa shape index (κ3) is 4.78. The molecule has 0 atom stereocenters. The van der Waals surface area contributed by atoms with Gasteiger partial charge in [-0.1, -0.05) is 43.3 Å². The first-order chi connectivity index (χ1) is 7.72. The molecule has 1 N–H and O–H groups in total. The maximum Gasteiger partial charge on any atom is 0.303 e. The quantitative estimate of drug-likeness (QED) is 0.742. The van der Waals surface area contributed by atoms with Gasteiger partial charge in [0.1, 0.15) is 0 Å². The summed E-state index contributed by atoms with van der Waals surface area (Å²) in [5.41, 5.74) is 2.51. The number of hydrogen-bond acceptors (Lipinski definition) is 1. The summed E-state index contributed by atoms with van der Waals surface area (Å²) in [5.74, 6) is -0.722. The van der Waals surface area contributed by atoms with E-state index in [2.05, 4.69) is 31.2 Å². The van der Waals surface area contributed by atoms with Crippen LogP contribution in [0, 0.1) is 0 Å². The normalized spacial score (nSPS) is 10.8. The number of aryl methyl sites for hydroxylation is 1. The Hall–Kier alpha value is -1.57. The molecule has 0 spiro atoms. The molecule has 0 aliphatic rings. The molecule has 0 aromatic heterocycles. The van der Waals surface area contributed by atoms with Gasteiger partial charge in [0.15, 0.2) is 0 Å². The van der Waals surface area contributed by atoms with Gasteiger partial charge in [0, 0.05) is 6.42 Å². The van der Waals surface area contributed by atoms with Crippen molar-refractivity contribution in [1.82, 2.24) is 0 Å². The number of carboxylic acids is 1. The van der Waals surface area contributed by atoms with Crippen molar-refractivity contribution < 1.29 is 9.90 Å². The Morgan fingerprint density at radius 3 is 2.56 bits per heavy atom. The van der Waals surface area contributed by atoms with Crippen LogP contribution in [-0.4, -0.2) is 11.1 Å². The van der Waals surface area contributed by atoms with Crippen LogP contribution in [0.1, 0.15) is 37.3 Å². The summed E-state index contributed by atoms with van der Waals surface area (Å²) in [6.07, 6.45) is 6.91. The first-order valence-electron chi connectivity index (χ1n) is 5.69. The highest BCUT2D eigenvalue weighted by Gasteiger charge is 1.93. The molecule has 0 unspecified atom stereocenters. The molecule has 0 amide bonds. The predicted octanol–water partition coefficient (Wildman–Crippen LogP) is 3.52. The maximum atomic E-state index is 10.3. The van der Waals surface area contributed by atoms with E-state index in [0.717, 1.165) is 12.8 Å². The third-order valence-corrected chi connectivity index (χ3v) is 2.46. The van der Waals surface area contributed by atoms with Gasteiger partial charge < -0.3 is 5.11 Å². The van der Waals surface area contributed by atoms with Gasteiger partial charge in [0.2, 0.25) is 0 Å². The minimum atomic E-state index is -0.722. The van der Waals surface area contributed by atoms with Gasteiger partial charge in [0.05, 0.1) is 0 Å². The molecule has 0 aliphatic carbocycles. The zero-order valence-corrected chi connectivity index (χ0v) is 9.65. The van der Waals surface area contributed by atoms with E-state index in [1.165, 1.54) is 11.1 Å². The van der Waals surface area contributed by atoms with Crippen LogP contribution in [0.5, 0.6) is 0 Å². The summed E-state index contributed by atoms with van der Waals surface area (Å²) >= 11 is 0. The minimum Gasteiger partial charge on any atom is -0.481 e. The predicted molar refractivity (Wildman–Crippen MR) is 66.3 cm³/mol. The molecule has 0 bridgehead atoms. The van der Waals surface area contributed by atoms with Crippen LogP contribution in [0.15, 0.2) is 30.3 Å². The number of rotatable bonds is 6. The number of carboxylic acid groups (broad SMARTS) is 1. The summed E-state index contributed by atoms with van der Waals surface area (Å²) in [5, 5.41) is 8.46. The van der Waals surface area contributed by atoms with Crippen molar-refractivity contribution >= 4 is 12.0 Å². The van der Waals surface area contributed by atoms with Crippen molar-refractivity contribution in [2.75, 3.05) is 0 Å². The number of benzene rings is 1. The molecule has 2 heteroatoms. The summed E-state index contributed by atoms with van der Waals surface area (Å²) in [6, 6.07) is 8.42. The van der Waals surface area contributed by atoms with Crippen LogP contribution in [0.25, 0.3) is 6.08 Å². The zero-order valence-electron chi connectivity index (χ0n) is 9.65. The third-order valence-electron chi connectivity index (χ3n) is 2.46. The second-order valence-corrected chi connectivity index (χ2v) is 3.78. The smallest absolute Gasteiger partial charge is 0.303 e. The van der Waals surface area contributed by atoms with E-state index >= 15 is 0 Å². The molecule has 0 radical (unpaired) electrons. The van der Waals surface area contributed by atoms with Gasteiger partial charge in [-0.3, -0.25) is 4.79 Å². The average molecular weight is 218 g/mol. The van der Waals surface area contributed by atoms with E-state index in [9.17, 15) is 4.79 Å². The van der Waals surface area contributed by atoms with Crippen LogP contribution >= 0.6 is 0 Å². The summed E-state index contributed by atoms with van der Waals surface area (Å²) in [7, 11) is 0. The van der Waals surface area contributed by atoms with Crippen molar-refractivity contribution in [3.63, 3.8) is 0 Å². The average Bonchev–Trinajstić information content (AvgIpc) is 2.29. The lowest BCUT2D eigenvalue weighted by molar-refractivity contribution is -0.137. The first-order valence-corrected chi connectivity index (χ1v) is 5.69. The lowest BCUT2D eigenvalue weighted by atomic mass is 10.1. The highest BCUT2D eigenvalue weighted by Crippen LogP contribution is 2.08. The fourth-order valence-corrected chi connectivity index (χ4v) is 1.46. The van der Waals surface area contributed by atoms with Gasteiger partial charge in [-0.05, 0) is 30.4 Å². The number of hydrogen-bond donors (Lipinski definition) is 1. The standard InChI is InChI=1S/C14H18O2/c1-2-12-8-10-13(11-9-12)6-4-3-5-7-14(15)16/h4,6,8-11H,2-3,5,7H2,1H3,(H,15,16)/b6-4+. The van der Waals surface area contributed by atoms with Crippen LogP contribution in [-0.2, 0) is 11.2 Å². The molecule has 0 saturated heterocycles.